The molecule has 2 amide bonds. The van der Waals surface area contributed by atoms with Gasteiger partial charge >= 0.3 is 0 Å². The monoisotopic (exact) mass is 323 g/mol. The van der Waals surface area contributed by atoms with E-state index in [9.17, 15) is 9.59 Å². The molecule has 0 aliphatic carbocycles. The number of methoxy groups -OCH3 is 1. The van der Waals surface area contributed by atoms with Gasteiger partial charge in [0.2, 0.25) is 5.91 Å². The van der Waals surface area contributed by atoms with Crippen LogP contribution < -0.4 is 10.6 Å². The number of halogens is 1. The van der Waals surface area contributed by atoms with Gasteiger partial charge in [-0.15, -0.1) is 0 Å². The highest BCUT2D eigenvalue weighted by Gasteiger charge is 2.41. The summed E-state index contributed by atoms with van der Waals surface area (Å²) in [5, 5.41) is 6.84. The van der Waals surface area contributed by atoms with E-state index in [1.807, 2.05) is 12.1 Å². The van der Waals surface area contributed by atoms with Crippen LogP contribution in [0.4, 0.5) is 5.69 Å². The molecule has 2 aliphatic heterocycles. The fourth-order valence-electron chi connectivity index (χ4n) is 3.03. The summed E-state index contributed by atoms with van der Waals surface area (Å²) in [6.45, 7) is 1.24. The van der Waals surface area contributed by atoms with Crippen molar-refractivity contribution >= 4 is 29.1 Å². The van der Waals surface area contributed by atoms with Crippen molar-refractivity contribution in [2.75, 3.05) is 32.1 Å². The van der Waals surface area contributed by atoms with Gasteiger partial charge in [-0.2, -0.15) is 0 Å². The fourth-order valence-corrected chi connectivity index (χ4v) is 3.29. The molecule has 0 radical (unpaired) electrons. The molecule has 7 heteroatoms. The van der Waals surface area contributed by atoms with Gasteiger partial charge in [0.15, 0.2) is 0 Å². The van der Waals surface area contributed by atoms with E-state index in [2.05, 4.69) is 10.6 Å². The molecule has 118 valence electrons. The van der Waals surface area contributed by atoms with Gasteiger partial charge in [-0.1, -0.05) is 17.7 Å². The SMILES string of the molecule is COCC(=O)N1CCC2(CC1)NC(=O)c1c(Cl)cccc1N2. The van der Waals surface area contributed by atoms with E-state index < -0.39 is 5.66 Å². The van der Waals surface area contributed by atoms with E-state index in [1.54, 1.807) is 11.0 Å². The van der Waals surface area contributed by atoms with Gasteiger partial charge in [0.05, 0.1) is 16.3 Å². The lowest BCUT2D eigenvalue weighted by atomic mass is 9.92. The number of nitrogens with one attached hydrogen (secondary N) is 2. The molecule has 3 rings (SSSR count). The quantitative estimate of drug-likeness (QED) is 0.864. The first-order valence-corrected chi connectivity index (χ1v) is 7.58. The largest absolute Gasteiger partial charge is 0.375 e. The molecule has 2 N–H and O–H groups in total. The smallest absolute Gasteiger partial charge is 0.256 e. The number of fused-ring (bicyclic) bond motifs is 1. The van der Waals surface area contributed by atoms with Gasteiger partial charge in [0, 0.05) is 33.0 Å². The van der Waals surface area contributed by atoms with Gasteiger partial charge in [0.1, 0.15) is 12.3 Å². The topological polar surface area (TPSA) is 70.7 Å². The predicted octanol–water partition coefficient (Wildman–Crippen LogP) is 1.46. The predicted molar refractivity (Wildman–Crippen MR) is 83.0 cm³/mol. The van der Waals surface area contributed by atoms with Crippen LogP contribution >= 0.6 is 11.6 Å². The Balaban J connectivity index is 1.75. The van der Waals surface area contributed by atoms with Crippen molar-refractivity contribution < 1.29 is 14.3 Å². The second kappa shape index (κ2) is 5.78. The number of ether oxygens (including phenoxy) is 1. The minimum atomic E-state index is -0.515. The summed E-state index contributed by atoms with van der Waals surface area (Å²) in [4.78, 5) is 26.0. The third-order valence-corrected chi connectivity index (χ3v) is 4.52. The van der Waals surface area contributed by atoms with Gasteiger partial charge in [-0.25, -0.2) is 0 Å². The lowest BCUT2D eigenvalue weighted by molar-refractivity contribution is -0.136. The maximum Gasteiger partial charge on any atom is 0.256 e. The molecular formula is C15H18ClN3O3. The number of nitrogens with zero attached hydrogens (tertiary/aromatic N) is 1. The molecule has 1 aromatic rings. The minimum absolute atomic E-state index is 0.0251. The summed E-state index contributed by atoms with van der Waals surface area (Å²) >= 11 is 6.10. The molecule has 1 aromatic carbocycles. The molecular weight excluding hydrogens is 306 g/mol. The minimum Gasteiger partial charge on any atom is -0.375 e. The summed E-state index contributed by atoms with van der Waals surface area (Å²) < 4.78 is 4.88. The zero-order valence-electron chi connectivity index (χ0n) is 12.3. The van der Waals surface area contributed by atoms with Crippen molar-refractivity contribution in [3.05, 3.63) is 28.8 Å². The van der Waals surface area contributed by atoms with Crippen LogP contribution in [0.5, 0.6) is 0 Å². The van der Waals surface area contributed by atoms with E-state index in [-0.39, 0.29) is 18.4 Å². The Bertz CT molecular complexity index is 612. The molecule has 1 saturated heterocycles. The Morgan fingerprint density at radius 3 is 2.77 bits per heavy atom. The van der Waals surface area contributed by atoms with Gasteiger partial charge < -0.3 is 20.3 Å². The highest BCUT2D eigenvalue weighted by Crippen LogP contribution is 2.34. The fraction of sp³-hybridized carbons (Fsp3) is 0.467. The van der Waals surface area contributed by atoms with E-state index in [0.717, 1.165) is 5.69 Å². The number of anilines is 1. The van der Waals surface area contributed by atoms with Gasteiger partial charge in [-0.3, -0.25) is 9.59 Å². The van der Waals surface area contributed by atoms with Crippen LogP contribution in [0.3, 0.4) is 0 Å². The molecule has 1 spiro atoms. The van der Waals surface area contributed by atoms with Crippen LogP contribution in [0.15, 0.2) is 18.2 Å². The van der Waals surface area contributed by atoms with E-state index in [4.69, 9.17) is 16.3 Å². The van der Waals surface area contributed by atoms with E-state index >= 15 is 0 Å². The van der Waals surface area contributed by atoms with Crippen LogP contribution in [0.25, 0.3) is 0 Å². The molecule has 0 aromatic heterocycles. The lowest BCUT2D eigenvalue weighted by Gasteiger charge is -2.46. The highest BCUT2D eigenvalue weighted by molar-refractivity contribution is 6.34. The first kappa shape index (κ1) is 15.1. The molecule has 1 fully saturated rings. The Morgan fingerprint density at radius 2 is 2.09 bits per heavy atom. The maximum atomic E-state index is 12.4. The first-order chi connectivity index (χ1) is 10.5. The Kier molecular flexibility index (Phi) is 3.97. The van der Waals surface area contributed by atoms with Crippen molar-refractivity contribution in [2.24, 2.45) is 0 Å². The lowest BCUT2D eigenvalue weighted by Crippen LogP contribution is -2.63. The number of amides is 2. The molecule has 0 bridgehead atoms. The third kappa shape index (κ3) is 2.64. The molecule has 22 heavy (non-hydrogen) atoms. The summed E-state index contributed by atoms with van der Waals surface area (Å²) in [7, 11) is 1.51. The van der Waals surface area contributed by atoms with Gasteiger partial charge in [-0.05, 0) is 12.1 Å². The number of hydrogen-bond acceptors (Lipinski definition) is 4. The van der Waals surface area contributed by atoms with E-state index in [0.29, 0.717) is 36.5 Å². The molecule has 0 unspecified atom stereocenters. The van der Waals surface area contributed by atoms with Crippen molar-refractivity contribution in [1.82, 2.24) is 10.2 Å². The number of carbonyl (C=O) groups is 2. The number of benzene rings is 1. The molecule has 2 aliphatic rings. The Hall–Kier alpha value is -1.79. The van der Waals surface area contributed by atoms with Crippen LogP contribution in [0.2, 0.25) is 5.02 Å². The maximum absolute atomic E-state index is 12.4. The highest BCUT2D eigenvalue weighted by atomic mass is 35.5. The van der Waals surface area contributed by atoms with Crippen LogP contribution in [-0.4, -0.2) is 49.2 Å². The molecule has 0 saturated carbocycles. The van der Waals surface area contributed by atoms with Crippen LogP contribution in [0.1, 0.15) is 23.2 Å². The standard InChI is InChI=1S/C15H18ClN3O3/c1-22-9-12(20)19-7-5-15(6-8-19)17-11-4-2-3-10(16)13(11)14(21)18-15/h2-4,17H,5-9H2,1H3,(H,18,21). The number of rotatable bonds is 2. The normalized spacial score (nSPS) is 19.4. The third-order valence-electron chi connectivity index (χ3n) is 4.20. The molecule has 0 atom stereocenters. The van der Waals surface area contributed by atoms with Crippen molar-refractivity contribution in [2.45, 2.75) is 18.5 Å². The summed E-state index contributed by atoms with van der Waals surface area (Å²) in [6.07, 6.45) is 1.28. The summed E-state index contributed by atoms with van der Waals surface area (Å²) in [5.41, 5.74) is 0.708. The number of carbonyl (C=O) groups excluding carboxylic acids is 2. The van der Waals surface area contributed by atoms with Gasteiger partial charge in [0.25, 0.3) is 5.91 Å². The Labute approximate surface area is 133 Å². The number of likely N-dealkylation sites (tertiary alicyclic amines) is 1. The summed E-state index contributed by atoms with van der Waals surface area (Å²) in [5.74, 6) is -0.195. The van der Waals surface area contributed by atoms with Crippen molar-refractivity contribution in [3.63, 3.8) is 0 Å². The van der Waals surface area contributed by atoms with Crippen molar-refractivity contribution in [1.29, 1.82) is 0 Å². The number of hydrogen-bond donors (Lipinski definition) is 2. The van der Waals surface area contributed by atoms with Crippen LogP contribution in [-0.2, 0) is 9.53 Å². The second-order valence-electron chi connectivity index (χ2n) is 5.64. The number of piperidine rings is 1. The first-order valence-electron chi connectivity index (χ1n) is 7.20. The van der Waals surface area contributed by atoms with Crippen molar-refractivity contribution in [3.8, 4) is 0 Å². The molecule has 6 nitrogen and oxygen atoms in total. The zero-order chi connectivity index (χ0) is 15.7. The zero-order valence-corrected chi connectivity index (χ0v) is 13.1. The summed E-state index contributed by atoms with van der Waals surface area (Å²) in [6, 6.07) is 5.37. The Morgan fingerprint density at radius 1 is 1.36 bits per heavy atom. The van der Waals surface area contributed by atoms with E-state index in [1.165, 1.54) is 7.11 Å². The van der Waals surface area contributed by atoms with Crippen LogP contribution in [0, 0.1) is 0 Å². The molecule has 2 heterocycles. The average molecular weight is 324 g/mol. The second-order valence-corrected chi connectivity index (χ2v) is 6.04. The average Bonchev–Trinajstić information content (AvgIpc) is 2.47.